The van der Waals surface area contributed by atoms with Crippen molar-refractivity contribution in [2.75, 3.05) is 17.3 Å². The predicted octanol–water partition coefficient (Wildman–Crippen LogP) is 2.54. The Balaban J connectivity index is 0.00000264. The smallest absolute Gasteiger partial charge is 0.241 e. The maximum absolute atomic E-state index is 12.0. The van der Waals surface area contributed by atoms with Crippen LogP contribution in [0, 0.1) is 0 Å². The Morgan fingerprint density at radius 3 is 2.65 bits per heavy atom. The van der Waals surface area contributed by atoms with E-state index < -0.39 is 15.9 Å². The third kappa shape index (κ3) is 6.31. The van der Waals surface area contributed by atoms with Crippen LogP contribution in [0.1, 0.15) is 6.42 Å². The van der Waals surface area contributed by atoms with Crippen molar-refractivity contribution in [2.24, 2.45) is 5.73 Å². The monoisotopic (exact) mass is 374 g/mol. The van der Waals surface area contributed by atoms with Gasteiger partial charge in [0, 0.05) is 16.8 Å². The molecule has 0 aliphatic rings. The van der Waals surface area contributed by atoms with Gasteiger partial charge in [0.15, 0.2) is 0 Å². The quantitative estimate of drug-likeness (QED) is 0.813. The summed E-state index contributed by atoms with van der Waals surface area (Å²) in [4.78, 5) is 13.1. The molecule has 1 aromatic carbocycles. The highest BCUT2D eigenvalue weighted by atomic mass is 35.5. The zero-order chi connectivity index (χ0) is 16.2. The third-order valence-electron chi connectivity index (χ3n) is 3.07. The molecule has 126 valence electrons. The summed E-state index contributed by atoms with van der Waals surface area (Å²) in [5.41, 5.74) is 7.39. The second-order valence-corrected chi connectivity index (χ2v) is 8.28. The van der Waals surface area contributed by atoms with Gasteiger partial charge in [0.05, 0.1) is 11.8 Å². The van der Waals surface area contributed by atoms with Crippen LogP contribution in [0.15, 0.2) is 41.8 Å². The summed E-state index contributed by atoms with van der Waals surface area (Å²) in [6.45, 7) is 0. The molecule has 0 spiro atoms. The van der Waals surface area contributed by atoms with Gasteiger partial charge in [-0.1, -0.05) is 18.2 Å². The zero-order valence-electron chi connectivity index (χ0n) is 12.6. The molecule has 8 heteroatoms. The summed E-state index contributed by atoms with van der Waals surface area (Å²) < 4.78 is 22.2. The first-order valence-corrected chi connectivity index (χ1v) is 9.67. The minimum absolute atomic E-state index is 0. The van der Waals surface area contributed by atoms with Crippen molar-refractivity contribution in [2.45, 2.75) is 12.5 Å². The van der Waals surface area contributed by atoms with Crippen LogP contribution >= 0.6 is 23.7 Å². The van der Waals surface area contributed by atoms with E-state index in [2.05, 4.69) is 5.32 Å². The number of rotatable bonds is 6. The number of sulfone groups is 1. The molecule has 1 heterocycles. The van der Waals surface area contributed by atoms with E-state index in [1.54, 1.807) is 17.4 Å². The minimum Gasteiger partial charge on any atom is -0.325 e. The number of nitrogens with one attached hydrogen (secondary N) is 1. The first kappa shape index (κ1) is 19.6. The number of carbonyl (C=O) groups excluding carboxylic acids is 1. The van der Waals surface area contributed by atoms with Gasteiger partial charge in [-0.15, -0.1) is 23.7 Å². The molecule has 0 radical (unpaired) electrons. The van der Waals surface area contributed by atoms with Crippen molar-refractivity contribution in [1.29, 1.82) is 0 Å². The minimum atomic E-state index is -3.12. The number of benzene rings is 1. The van der Waals surface area contributed by atoms with E-state index in [1.807, 2.05) is 35.7 Å². The van der Waals surface area contributed by atoms with E-state index in [9.17, 15) is 13.2 Å². The second kappa shape index (κ2) is 8.44. The van der Waals surface area contributed by atoms with E-state index in [0.717, 1.165) is 16.7 Å². The summed E-state index contributed by atoms with van der Waals surface area (Å²) in [6, 6.07) is 10.6. The van der Waals surface area contributed by atoms with Gasteiger partial charge in [-0.05, 0) is 35.6 Å². The van der Waals surface area contributed by atoms with Crippen LogP contribution in [0.2, 0.25) is 0 Å². The lowest BCUT2D eigenvalue weighted by Crippen LogP contribution is -2.37. The number of halogens is 1. The Kier molecular flexibility index (Phi) is 7.21. The van der Waals surface area contributed by atoms with Gasteiger partial charge in [-0.3, -0.25) is 4.79 Å². The Hall–Kier alpha value is -1.41. The molecule has 0 saturated heterocycles. The lowest BCUT2D eigenvalue weighted by atomic mass is 10.1. The molecule has 1 aromatic heterocycles. The van der Waals surface area contributed by atoms with Crippen molar-refractivity contribution in [3.63, 3.8) is 0 Å². The topological polar surface area (TPSA) is 89.3 Å². The van der Waals surface area contributed by atoms with Gasteiger partial charge in [0.25, 0.3) is 0 Å². The molecule has 0 aliphatic carbocycles. The molecule has 2 rings (SSSR count). The summed E-state index contributed by atoms with van der Waals surface area (Å²) in [7, 11) is -3.12. The Morgan fingerprint density at radius 2 is 2.04 bits per heavy atom. The number of hydrogen-bond donors (Lipinski definition) is 2. The molecule has 1 atom stereocenters. The lowest BCUT2D eigenvalue weighted by Gasteiger charge is -2.12. The van der Waals surface area contributed by atoms with E-state index in [-0.39, 0.29) is 30.5 Å². The summed E-state index contributed by atoms with van der Waals surface area (Å²) in [5.74, 6) is -0.483. The Bertz CT molecular complexity index is 746. The van der Waals surface area contributed by atoms with Crippen molar-refractivity contribution in [1.82, 2.24) is 0 Å². The van der Waals surface area contributed by atoms with Gasteiger partial charge in [-0.2, -0.15) is 0 Å². The second-order valence-electron chi connectivity index (χ2n) is 5.07. The Labute approximate surface area is 146 Å². The normalized spacial score (nSPS) is 12.3. The first-order chi connectivity index (χ1) is 10.3. The molecule has 3 N–H and O–H groups in total. The maximum atomic E-state index is 12.0. The average molecular weight is 375 g/mol. The van der Waals surface area contributed by atoms with Gasteiger partial charge in [0.1, 0.15) is 9.84 Å². The highest BCUT2D eigenvalue weighted by Crippen LogP contribution is 2.26. The van der Waals surface area contributed by atoms with E-state index in [0.29, 0.717) is 5.69 Å². The molecule has 1 unspecified atom stereocenters. The molecule has 1 amide bonds. The van der Waals surface area contributed by atoms with Crippen LogP contribution in [-0.4, -0.2) is 32.4 Å². The van der Waals surface area contributed by atoms with Gasteiger partial charge < -0.3 is 11.1 Å². The van der Waals surface area contributed by atoms with E-state index >= 15 is 0 Å². The number of amides is 1. The molecule has 2 aromatic rings. The van der Waals surface area contributed by atoms with Gasteiger partial charge >= 0.3 is 0 Å². The fraction of sp³-hybridized carbons (Fsp3) is 0.267. The fourth-order valence-corrected chi connectivity index (χ4v) is 3.31. The van der Waals surface area contributed by atoms with Crippen LogP contribution in [-0.2, 0) is 14.6 Å². The molecule has 23 heavy (non-hydrogen) atoms. The molecule has 0 saturated carbocycles. The van der Waals surface area contributed by atoms with Crippen molar-refractivity contribution >= 4 is 45.2 Å². The SMILES string of the molecule is CS(=O)(=O)CCC(N)C(=O)Nc1cccc(-c2cccs2)c1.Cl. The molecular weight excluding hydrogens is 356 g/mol. The average Bonchev–Trinajstić information content (AvgIpc) is 2.98. The highest BCUT2D eigenvalue weighted by molar-refractivity contribution is 7.90. The number of carbonyl (C=O) groups is 1. The third-order valence-corrected chi connectivity index (χ3v) is 4.97. The van der Waals surface area contributed by atoms with Crippen LogP contribution in [0.3, 0.4) is 0 Å². The first-order valence-electron chi connectivity index (χ1n) is 6.73. The number of hydrogen-bond acceptors (Lipinski definition) is 5. The predicted molar refractivity (Wildman–Crippen MR) is 97.9 cm³/mol. The number of thiophene rings is 1. The molecular formula is C15H19ClN2O3S2. The summed E-state index contributed by atoms with van der Waals surface area (Å²) in [6.07, 6.45) is 1.23. The molecule has 0 aliphatic heterocycles. The zero-order valence-corrected chi connectivity index (χ0v) is 15.0. The van der Waals surface area contributed by atoms with Crippen molar-refractivity contribution < 1.29 is 13.2 Å². The lowest BCUT2D eigenvalue weighted by molar-refractivity contribution is -0.117. The Morgan fingerprint density at radius 1 is 1.30 bits per heavy atom. The molecule has 5 nitrogen and oxygen atoms in total. The fourth-order valence-electron chi connectivity index (χ4n) is 1.90. The maximum Gasteiger partial charge on any atom is 0.241 e. The van der Waals surface area contributed by atoms with Crippen LogP contribution in [0.25, 0.3) is 10.4 Å². The number of anilines is 1. The molecule has 0 bridgehead atoms. The number of nitrogens with two attached hydrogens (primary N) is 1. The van der Waals surface area contributed by atoms with E-state index in [1.165, 1.54) is 0 Å². The van der Waals surface area contributed by atoms with Crippen LogP contribution in [0.5, 0.6) is 0 Å². The van der Waals surface area contributed by atoms with Crippen molar-refractivity contribution in [3.8, 4) is 10.4 Å². The van der Waals surface area contributed by atoms with E-state index in [4.69, 9.17) is 5.73 Å². The van der Waals surface area contributed by atoms with Gasteiger partial charge in [-0.25, -0.2) is 8.42 Å². The largest absolute Gasteiger partial charge is 0.325 e. The summed E-state index contributed by atoms with van der Waals surface area (Å²) >= 11 is 1.62. The van der Waals surface area contributed by atoms with Crippen molar-refractivity contribution in [3.05, 3.63) is 41.8 Å². The summed E-state index contributed by atoms with van der Waals surface area (Å²) in [5, 5.41) is 4.71. The van der Waals surface area contributed by atoms with Gasteiger partial charge in [0.2, 0.25) is 5.91 Å². The standard InChI is InChI=1S/C15H18N2O3S2.ClH/c1-22(19,20)9-7-13(16)15(18)17-12-5-2-4-11(10-12)14-6-3-8-21-14;/h2-6,8,10,13H,7,9,16H2,1H3,(H,17,18);1H. The molecule has 0 fully saturated rings. The highest BCUT2D eigenvalue weighted by Gasteiger charge is 2.16. The van der Waals surface area contributed by atoms with Crippen LogP contribution in [0.4, 0.5) is 5.69 Å². The van der Waals surface area contributed by atoms with Crippen LogP contribution < -0.4 is 11.1 Å².